The Morgan fingerprint density at radius 1 is 1.62 bits per heavy atom. The van der Waals surface area contributed by atoms with Gasteiger partial charge in [0, 0.05) is 19.1 Å². The standard InChI is InChI=1S/C10H15N3O3/c1-7(10(14)15)13-6-11-12-9(13)8-2-4-16-5-3-8/h6-8H,2-5H2,1H3,(H,14,15). The van der Waals surface area contributed by atoms with Crippen LogP contribution in [0.2, 0.25) is 0 Å². The summed E-state index contributed by atoms with van der Waals surface area (Å²) >= 11 is 0. The van der Waals surface area contributed by atoms with E-state index in [0.29, 0.717) is 13.2 Å². The number of hydrogen-bond donors (Lipinski definition) is 1. The fourth-order valence-electron chi connectivity index (χ4n) is 1.92. The van der Waals surface area contributed by atoms with Gasteiger partial charge in [-0.15, -0.1) is 10.2 Å². The lowest BCUT2D eigenvalue weighted by atomic mass is 9.99. The number of carbonyl (C=O) groups is 1. The summed E-state index contributed by atoms with van der Waals surface area (Å²) in [6, 6.07) is -0.618. The molecule has 88 valence electrons. The highest BCUT2D eigenvalue weighted by Crippen LogP contribution is 2.26. The van der Waals surface area contributed by atoms with E-state index in [1.807, 2.05) is 0 Å². The van der Waals surface area contributed by atoms with Crippen LogP contribution in [0, 0.1) is 0 Å². The number of aromatic nitrogens is 3. The molecular weight excluding hydrogens is 210 g/mol. The second-order valence-electron chi connectivity index (χ2n) is 4.00. The Bertz CT molecular complexity index is 371. The van der Waals surface area contributed by atoms with Crippen molar-refractivity contribution in [1.82, 2.24) is 14.8 Å². The molecule has 1 atom stereocenters. The molecule has 1 aromatic heterocycles. The van der Waals surface area contributed by atoms with Crippen LogP contribution in [0.1, 0.15) is 37.5 Å². The molecule has 1 fully saturated rings. The summed E-state index contributed by atoms with van der Waals surface area (Å²) in [6.45, 7) is 3.05. The molecule has 1 aliphatic heterocycles. The lowest BCUT2D eigenvalue weighted by Gasteiger charge is -2.22. The Kier molecular flexibility index (Phi) is 3.19. The van der Waals surface area contributed by atoms with Crippen molar-refractivity contribution in [2.24, 2.45) is 0 Å². The molecule has 2 rings (SSSR count). The quantitative estimate of drug-likeness (QED) is 0.824. The van der Waals surface area contributed by atoms with E-state index in [0.717, 1.165) is 18.7 Å². The van der Waals surface area contributed by atoms with Gasteiger partial charge in [-0.1, -0.05) is 0 Å². The van der Waals surface area contributed by atoms with Gasteiger partial charge in [-0.25, -0.2) is 4.79 Å². The normalized spacial score (nSPS) is 19.6. The molecule has 6 nitrogen and oxygen atoms in total. The molecule has 0 bridgehead atoms. The Balaban J connectivity index is 2.20. The highest BCUT2D eigenvalue weighted by Gasteiger charge is 2.25. The van der Waals surface area contributed by atoms with Crippen LogP contribution in [-0.2, 0) is 9.53 Å². The summed E-state index contributed by atoms with van der Waals surface area (Å²) in [6.07, 6.45) is 3.25. The summed E-state index contributed by atoms with van der Waals surface area (Å²) < 4.78 is 6.91. The number of hydrogen-bond acceptors (Lipinski definition) is 4. The minimum absolute atomic E-state index is 0.262. The van der Waals surface area contributed by atoms with Gasteiger partial charge in [0.05, 0.1) is 0 Å². The maximum Gasteiger partial charge on any atom is 0.326 e. The smallest absolute Gasteiger partial charge is 0.326 e. The van der Waals surface area contributed by atoms with Crippen molar-refractivity contribution < 1.29 is 14.6 Å². The zero-order valence-electron chi connectivity index (χ0n) is 9.17. The van der Waals surface area contributed by atoms with Crippen molar-refractivity contribution in [2.45, 2.75) is 31.7 Å². The van der Waals surface area contributed by atoms with E-state index < -0.39 is 12.0 Å². The average Bonchev–Trinajstić information content (AvgIpc) is 2.77. The van der Waals surface area contributed by atoms with Gasteiger partial charge < -0.3 is 14.4 Å². The van der Waals surface area contributed by atoms with Crippen molar-refractivity contribution in [3.8, 4) is 0 Å². The molecule has 6 heteroatoms. The molecule has 1 unspecified atom stereocenters. The maximum absolute atomic E-state index is 10.9. The van der Waals surface area contributed by atoms with Gasteiger partial charge >= 0.3 is 5.97 Å². The number of rotatable bonds is 3. The van der Waals surface area contributed by atoms with Crippen molar-refractivity contribution in [3.63, 3.8) is 0 Å². The lowest BCUT2D eigenvalue weighted by Crippen LogP contribution is -2.22. The molecule has 0 saturated carbocycles. The third kappa shape index (κ3) is 2.06. The Morgan fingerprint density at radius 2 is 2.31 bits per heavy atom. The van der Waals surface area contributed by atoms with Crippen molar-refractivity contribution in [1.29, 1.82) is 0 Å². The van der Waals surface area contributed by atoms with E-state index in [-0.39, 0.29) is 5.92 Å². The maximum atomic E-state index is 10.9. The number of carboxylic acids is 1. The molecule has 1 saturated heterocycles. The average molecular weight is 225 g/mol. The summed E-state index contributed by atoms with van der Waals surface area (Å²) in [7, 11) is 0. The summed E-state index contributed by atoms with van der Waals surface area (Å²) in [4.78, 5) is 10.9. The molecule has 0 aliphatic carbocycles. The number of carboxylic acid groups (broad SMARTS) is 1. The van der Waals surface area contributed by atoms with Gasteiger partial charge in [-0.3, -0.25) is 0 Å². The minimum Gasteiger partial charge on any atom is -0.480 e. The number of nitrogens with zero attached hydrogens (tertiary/aromatic N) is 3. The second-order valence-corrected chi connectivity index (χ2v) is 4.00. The third-order valence-corrected chi connectivity index (χ3v) is 2.96. The van der Waals surface area contributed by atoms with Crippen LogP contribution >= 0.6 is 0 Å². The molecule has 0 radical (unpaired) electrons. The topological polar surface area (TPSA) is 77.2 Å². The molecule has 0 spiro atoms. The highest BCUT2D eigenvalue weighted by molar-refractivity contribution is 5.71. The SMILES string of the molecule is CC(C(=O)O)n1cnnc1C1CCOCC1. The fraction of sp³-hybridized carbons (Fsp3) is 0.700. The molecule has 1 aromatic rings. The fourth-order valence-corrected chi connectivity index (χ4v) is 1.92. The predicted molar refractivity (Wildman–Crippen MR) is 55.2 cm³/mol. The van der Waals surface area contributed by atoms with E-state index >= 15 is 0 Å². The third-order valence-electron chi connectivity index (χ3n) is 2.96. The van der Waals surface area contributed by atoms with Crippen molar-refractivity contribution >= 4 is 5.97 Å². The molecule has 1 N–H and O–H groups in total. The summed E-state index contributed by atoms with van der Waals surface area (Å²) in [5.74, 6) is 0.157. The first-order chi connectivity index (χ1) is 7.70. The number of aliphatic carboxylic acids is 1. The van der Waals surface area contributed by atoms with Crippen LogP contribution in [0.4, 0.5) is 0 Å². The van der Waals surface area contributed by atoms with Gasteiger partial charge in [0.25, 0.3) is 0 Å². The zero-order valence-corrected chi connectivity index (χ0v) is 9.17. The Labute approximate surface area is 93.2 Å². The number of ether oxygens (including phenoxy) is 1. The van der Waals surface area contributed by atoms with Gasteiger partial charge in [0.1, 0.15) is 18.2 Å². The predicted octanol–water partition coefficient (Wildman–Crippen LogP) is 0.818. The van der Waals surface area contributed by atoms with E-state index in [2.05, 4.69) is 10.2 Å². The van der Waals surface area contributed by atoms with Gasteiger partial charge in [0.15, 0.2) is 0 Å². The van der Waals surface area contributed by atoms with Crippen LogP contribution < -0.4 is 0 Å². The first-order valence-corrected chi connectivity index (χ1v) is 5.40. The lowest BCUT2D eigenvalue weighted by molar-refractivity contribution is -0.140. The van der Waals surface area contributed by atoms with Crippen LogP contribution in [0.3, 0.4) is 0 Å². The molecule has 2 heterocycles. The highest BCUT2D eigenvalue weighted by atomic mass is 16.5. The first kappa shape index (κ1) is 11.1. The van der Waals surface area contributed by atoms with Crippen LogP contribution in [-0.4, -0.2) is 39.1 Å². The monoisotopic (exact) mass is 225 g/mol. The van der Waals surface area contributed by atoms with E-state index in [1.54, 1.807) is 11.5 Å². The Hall–Kier alpha value is -1.43. The van der Waals surface area contributed by atoms with Crippen molar-refractivity contribution in [3.05, 3.63) is 12.2 Å². The van der Waals surface area contributed by atoms with Gasteiger partial charge in [0.2, 0.25) is 0 Å². The molecule has 16 heavy (non-hydrogen) atoms. The largest absolute Gasteiger partial charge is 0.480 e. The van der Waals surface area contributed by atoms with Gasteiger partial charge in [-0.2, -0.15) is 0 Å². The zero-order chi connectivity index (χ0) is 11.5. The molecule has 0 aromatic carbocycles. The van der Waals surface area contributed by atoms with Crippen molar-refractivity contribution in [2.75, 3.05) is 13.2 Å². The van der Waals surface area contributed by atoms with E-state index in [1.165, 1.54) is 6.33 Å². The molecular formula is C10H15N3O3. The van der Waals surface area contributed by atoms with Gasteiger partial charge in [-0.05, 0) is 19.8 Å². The molecule has 0 amide bonds. The van der Waals surface area contributed by atoms with Crippen LogP contribution in [0.25, 0.3) is 0 Å². The first-order valence-electron chi connectivity index (χ1n) is 5.40. The van der Waals surface area contributed by atoms with E-state index in [4.69, 9.17) is 9.84 Å². The minimum atomic E-state index is -0.867. The second kappa shape index (κ2) is 4.61. The Morgan fingerprint density at radius 3 is 2.94 bits per heavy atom. The van der Waals surface area contributed by atoms with Crippen LogP contribution in [0.15, 0.2) is 6.33 Å². The summed E-state index contributed by atoms with van der Waals surface area (Å²) in [5, 5.41) is 16.8. The van der Waals surface area contributed by atoms with Crippen LogP contribution in [0.5, 0.6) is 0 Å². The summed E-state index contributed by atoms with van der Waals surface area (Å²) in [5.41, 5.74) is 0. The molecule has 1 aliphatic rings. The van der Waals surface area contributed by atoms with E-state index in [9.17, 15) is 4.79 Å².